The molecule has 0 fully saturated rings. The molecule has 0 saturated heterocycles. The summed E-state index contributed by atoms with van der Waals surface area (Å²) in [7, 11) is 0. The molecule has 0 radical (unpaired) electrons. The van der Waals surface area contributed by atoms with Crippen molar-refractivity contribution >= 4 is 11.5 Å². The Labute approximate surface area is 82.1 Å². The Morgan fingerprint density at radius 2 is 2.00 bits per heavy atom. The van der Waals surface area contributed by atoms with Crippen molar-refractivity contribution in [3.63, 3.8) is 0 Å². The van der Waals surface area contributed by atoms with Crippen LogP contribution < -0.4 is 0 Å². The van der Waals surface area contributed by atoms with Gasteiger partial charge in [0.25, 0.3) is 0 Å². The van der Waals surface area contributed by atoms with Gasteiger partial charge in [0.05, 0.1) is 0 Å². The smallest absolute Gasteiger partial charge is 0.210 e. The SMILES string of the molecule is C#Cc1ccc(C(=O)C(C)=NO)cc1. The minimum atomic E-state index is -0.309. The van der Waals surface area contributed by atoms with E-state index in [-0.39, 0.29) is 11.5 Å². The van der Waals surface area contributed by atoms with Gasteiger partial charge in [-0.15, -0.1) is 6.42 Å². The first-order valence-electron chi connectivity index (χ1n) is 3.99. The van der Waals surface area contributed by atoms with Crippen LogP contribution in [0.2, 0.25) is 0 Å². The highest BCUT2D eigenvalue weighted by molar-refractivity contribution is 6.45. The first-order valence-corrected chi connectivity index (χ1v) is 3.99. The van der Waals surface area contributed by atoms with Crippen molar-refractivity contribution in [3.8, 4) is 12.3 Å². The van der Waals surface area contributed by atoms with Gasteiger partial charge in [0.15, 0.2) is 0 Å². The molecule has 0 saturated carbocycles. The first kappa shape index (κ1) is 10.0. The Bertz CT molecular complexity index is 410. The number of oxime groups is 1. The van der Waals surface area contributed by atoms with Gasteiger partial charge in [-0.2, -0.15) is 0 Å². The van der Waals surface area contributed by atoms with Crippen LogP contribution in [0.4, 0.5) is 0 Å². The van der Waals surface area contributed by atoms with Crippen molar-refractivity contribution in [2.75, 3.05) is 0 Å². The van der Waals surface area contributed by atoms with E-state index in [0.29, 0.717) is 11.1 Å². The second kappa shape index (κ2) is 4.24. The molecule has 3 nitrogen and oxygen atoms in total. The van der Waals surface area contributed by atoms with Gasteiger partial charge in [-0.1, -0.05) is 11.1 Å². The Morgan fingerprint density at radius 1 is 1.43 bits per heavy atom. The fourth-order valence-electron chi connectivity index (χ4n) is 0.972. The Kier molecular flexibility index (Phi) is 3.03. The van der Waals surface area contributed by atoms with Crippen molar-refractivity contribution < 1.29 is 10.0 Å². The minimum absolute atomic E-state index is 0.0541. The highest BCUT2D eigenvalue weighted by Gasteiger charge is 2.08. The van der Waals surface area contributed by atoms with Crippen LogP contribution in [0.1, 0.15) is 22.8 Å². The highest BCUT2D eigenvalue weighted by Crippen LogP contribution is 2.05. The van der Waals surface area contributed by atoms with E-state index in [2.05, 4.69) is 11.1 Å². The predicted octanol–water partition coefficient (Wildman–Crippen LogP) is 1.70. The van der Waals surface area contributed by atoms with Gasteiger partial charge >= 0.3 is 0 Å². The van der Waals surface area contributed by atoms with E-state index in [1.54, 1.807) is 24.3 Å². The van der Waals surface area contributed by atoms with Crippen LogP contribution in [-0.2, 0) is 0 Å². The summed E-state index contributed by atoms with van der Waals surface area (Å²) in [5, 5.41) is 11.2. The summed E-state index contributed by atoms with van der Waals surface area (Å²) in [6.45, 7) is 1.44. The van der Waals surface area contributed by atoms with E-state index in [4.69, 9.17) is 11.6 Å². The van der Waals surface area contributed by atoms with E-state index < -0.39 is 0 Å². The van der Waals surface area contributed by atoms with Crippen LogP contribution in [0.5, 0.6) is 0 Å². The summed E-state index contributed by atoms with van der Waals surface area (Å²) in [5.41, 5.74) is 1.22. The summed E-state index contributed by atoms with van der Waals surface area (Å²) in [6, 6.07) is 6.54. The number of benzene rings is 1. The molecule has 1 aromatic carbocycles. The zero-order chi connectivity index (χ0) is 10.6. The molecule has 0 spiro atoms. The lowest BCUT2D eigenvalue weighted by Gasteiger charge is -1.98. The van der Waals surface area contributed by atoms with Gasteiger partial charge < -0.3 is 5.21 Å². The zero-order valence-electron chi connectivity index (χ0n) is 7.69. The van der Waals surface area contributed by atoms with E-state index in [1.165, 1.54) is 6.92 Å². The average Bonchev–Trinajstić information content (AvgIpc) is 2.27. The molecule has 1 rings (SSSR count). The van der Waals surface area contributed by atoms with Crippen LogP contribution >= 0.6 is 0 Å². The molecule has 1 aromatic rings. The Hall–Kier alpha value is -2.08. The fraction of sp³-hybridized carbons (Fsp3) is 0.0909. The Balaban J connectivity index is 3.00. The van der Waals surface area contributed by atoms with Crippen LogP contribution in [0, 0.1) is 12.3 Å². The molecule has 0 bridgehead atoms. The maximum absolute atomic E-state index is 11.4. The molecule has 0 aliphatic heterocycles. The van der Waals surface area contributed by atoms with E-state index in [0.717, 1.165) is 0 Å². The molecule has 0 amide bonds. The first-order chi connectivity index (χ1) is 6.69. The van der Waals surface area contributed by atoms with Crippen molar-refractivity contribution in [2.24, 2.45) is 5.16 Å². The molecule has 0 aliphatic rings. The third kappa shape index (κ3) is 1.99. The molecule has 14 heavy (non-hydrogen) atoms. The Morgan fingerprint density at radius 3 is 2.43 bits per heavy atom. The molecule has 0 aliphatic carbocycles. The third-order valence-corrected chi connectivity index (χ3v) is 1.79. The minimum Gasteiger partial charge on any atom is -0.411 e. The van der Waals surface area contributed by atoms with Crippen molar-refractivity contribution in [1.82, 2.24) is 0 Å². The molecule has 3 heteroatoms. The van der Waals surface area contributed by atoms with Gasteiger partial charge in [-0.05, 0) is 31.2 Å². The number of carbonyl (C=O) groups is 1. The van der Waals surface area contributed by atoms with Gasteiger partial charge in [0.1, 0.15) is 5.71 Å². The summed E-state index contributed by atoms with van der Waals surface area (Å²) in [4.78, 5) is 11.4. The van der Waals surface area contributed by atoms with Crippen LogP contribution in [0.3, 0.4) is 0 Å². The number of Topliss-reactive ketones (excluding diaryl/α,β-unsaturated/α-hetero) is 1. The molecular weight excluding hydrogens is 178 g/mol. The van der Waals surface area contributed by atoms with E-state index >= 15 is 0 Å². The number of nitrogens with zero attached hydrogens (tertiary/aromatic N) is 1. The van der Waals surface area contributed by atoms with Crippen LogP contribution in [-0.4, -0.2) is 16.7 Å². The standard InChI is InChI=1S/C11H9NO2/c1-3-9-4-6-10(7-5-9)11(13)8(2)12-14/h1,4-7,14H,2H3. The number of hydrogen-bond acceptors (Lipinski definition) is 3. The monoisotopic (exact) mass is 187 g/mol. The van der Waals surface area contributed by atoms with Crippen LogP contribution in [0.25, 0.3) is 0 Å². The number of terminal acetylenes is 1. The molecule has 1 N–H and O–H groups in total. The molecule has 0 unspecified atom stereocenters. The summed E-state index contributed by atoms with van der Waals surface area (Å²) in [5.74, 6) is 2.14. The second-order valence-corrected chi connectivity index (χ2v) is 2.74. The van der Waals surface area contributed by atoms with E-state index in [9.17, 15) is 4.79 Å². The number of hydrogen-bond donors (Lipinski definition) is 1. The zero-order valence-corrected chi connectivity index (χ0v) is 7.69. The maximum atomic E-state index is 11.4. The molecular formula is C11H9NO2. The van der Waals surface area contributed by atoms with Crippen LogP contribution in [0.15, 0.2) is 29.4 Å². The lowest BCUT2D eigenvalue weighted by atomic mass is 10.1. The second-order valence-electron chi connectivity index (χ2n) is 2.74. The van der Waals surface area contributed by atoms with Gasteiger partial charge in [0.2, 0.25) is 5.78 Å². The lowest BCUT2D eigenvalue weighted by molar-refractivity contribution is 0.106. The quantitative estimate of drug-likeness (QED) is 0.252. The van der Waals surface area contributed by atoms with Gasteiger partial charge in [-0.25, -0.2) is 0 Å². The molecule has 0 atom stereocenters. The maximum Gasteiger partial charge on any atom is 0.210 e. The highest BCUT2D eigenvalue weighted by atomic mass is 16.4. The van der Waals surface area contributed by atoms with Crippen molar-refractivity contribution in [3.05, 3.63) is 35.4 Å². The average molecular weight is 187 g/mol. The third-order valence-electron chi connectivity index (χ3n) is 1.79. The number of rotatable bonds is 2. The number of carbonyl (C=O) groups excluding carboxylic acids is 1. The summed E-state index contributed by atoms with van der Waals surface area (Å²) < 4.78 is 0. The molecule has 0 heterocycles. The predicted molar refractivity (Wildman–Crippen MR) is 53.6 cm³/mol. The van der Waals surface area contributed by atoms with Gasteiger partial charge in [-0.3, -0.25) is 4.79 Å². The van der Waals surface area contributed by atoms with Gasteiger partial charge in [0, 0.05) is 11.1 Å². The largest absolute Gasteiger partial charge is 0.411 e. The van der Waals surface area contributed by atoms with Crippen molar-refractivity contribution in [1.29, 1.82) is 0 Å². The summed E-state index contributed by atoms with van der Waals surface area (Å²) in [6.07, 6.45) is 5.16. The summed E-state index contributed by atoms with van der Waals surface area (Å²) >= 11 is 0. The molecule has 70 valence electrons. The topological polar surface area (TPSA) is 49.7 Å². The molecule has 0 aromatic heterocycles. The fourth-order valence-corrected chi connectivity index (χ4v) is 0.972. The normalized spacial score (nSPS) is 10.7. The number of ketones is 1. The van der Waals surface area contributed by atoms with Crippen molar-refractivity contribution in [2.45, 2.75) is 6.92 Å². The lowest BCUT2D eigenvalue weighted by Crippen LogP contribution is -2.10. The van der Waals surface area contributed by atoms with E-state index in [1.807, 2.05) is 0 Å².